The highest BCUT2D eigenvalue weighted by molar-refractivity contribution is 5.32. The van der Waals surface area contributed by atoms with Crippen molar-refractivity contribution >= 4 is 0 Å². The van der Waals surface area contributed by atoms with Gasteiger partial charge in [0.2, 0.25) is 0 Å². The van der Waals surface area contributed by atoms with Gasteiger partial charge >= 0.3 is 0 Å². The summed E-state index contributed by atoms with van der Waals surface area (Å²) >= 11 is 0. The molecule has 2 atom stereocenters. The summed E-state index contributed by atoms with van der Waals surface area (Å²) in [7, 11) is 0. The number of hydrogen-bond donors (Lipinski definition) is 0. The van der Waals surface area contributed by atoms with E-state index in [2.05, 4.69) is 13.5 Å². The first kappa shape index (κ1) is 7.07. The van der Waals surface area contributed by atoms with Gasteiger partial charge in [0.15, 0.2) is 0 Å². The summed E-state index contributed by atoms with van der Waals surface area (Å²) in [6.45, 7) is 5.79. The monoisotopic (exact) mass is 152 g/mol. The molecule has 0 N–H and O–H groups in total. The van der Waals surface area contributed by atoms with Crippen LogP contribution in [0.2, 0.25) is 0 Å². The van der Waals surface area contributed by atoms with E-state index in [-0.39, 0.29) is 12.2 Å². The fraction of sp³-hybridized carbons (Fsp3) is 0.556. The van der Waals surface area contributed by atoms with E-state index < -0.39 is 0 Å². The molecule has 1 saturated heterocycles. The molecule has 2 unspecified atom stereocenters. The molecule has 2 heteroatoms. The number of hydrogen-bond acceptors (Lipinski definition) is 2. The average Bonchev–Trinajstić information content (AvgIpc) is 2.61. The van der Waals surface area contributed by atoms with Gasteiger partial charge in [-0.05, 0) is 30.9 Å². The van der Waals surface area contributed by atoms with Gasteiger partial charge in [-0.25, -0.2) is 9.78 Å². The Labute approximate surface area is 66.4 Å². The Balaban J connectivity index is 2.34. The number of fused-ring (bicyclic) bond motifs is 2. The van der Waals surface area contributed by atoms with Gasteiger partial charge in [-0.15, -0.1) is 0 Å². The van der Waals surface area contributed by atoms with Crippen LogP contribution >= 0.6 is 0 Å². The molecule has 60 valence electrons. The minimum atomic E-state index is 0.220. The van der Waals surface area contributed by atoms with Crippen molar-refractivity contribution in [1.29, 1.82) is 0 Å². The highest BCUT2D eigenvalue weighted by Crippen LogP contribution is 2.39. The lowest BCUT2D eigenvalue weighted by Gasteiger charge is -2.05. The lowest BCUT2D eigenvalue weighted by molar-refractivity contribution is -0.315. The summed E-state index contributed by atoms with van der Waals surface area (Å²) in [5.41, 5.74) is 2.52. The number of rotatable bonds is 1. The summed E-state index contributed by atoms with van der Waals surface area (Å²) in [5, 5.41) is 0. The van der Waals surface area contributed by atoms with E-state index in [1.54, 1.807) is 0 Å². The Morgan fingerprint density at radius 2 is 2.00 bits per heavy atom. The summed E-state index contributed by atoms with van der Waals surface area (Å²) in [5.74, 6) is 0. The second-order valence-corrected chi connectivity index (χ2v) is 3.09. The first-order valence-electron chi connectivity index (χ1n) is 3.98. The van der Waals surface area contributed by atoms with Crippen molar-refractivity contribution in [2.45, 2.75) is 32.0 Å². The second kappa shape index (κ2) is 2.47. The topological polar surface area (TPSA) is 18.5 Å². The maximum Gasteiger partial charge on any atom is 0.117 e. The van der Waals surface area contributed by atoms with E-state index in [1.165, 1.54) is 11.1 Å². The molecular formula is C9H12O2. The van der Waals surface area contributed by atoms with Crippen LogP contribution < -0.4 is 0 Å². The van der Waals surface area contributed by atoms with Gasteiger partial charge in [0.05, 0.1) is 0 Å². The first-order chi connectivity index (χ1) is 5.33. The van der Waals surface area contributed by atoms with Gasteiger partial charge < -0.3 is 0 Å². The molecule has 1 aliphatic heterocycles. The molecule has 11 heavy (non-hydrogen) atoms. The predicted molar refractivity (Wildman–Crippen MR) is 41.9 cm³/mol. The van der Waals surface area contributed by atoms with Crippen molar-refractivity contribution in [2.24, 2.45) is 0 Å². The van der Waals surface area contributed by atoms with E-state index in [9.17, 15) is 0 Å². The van der Waals surface area contributed by atoms with Gasteiger partial charge in [0.25, 0.3) is 0 Å². The molecule has 1 aliphatic carbocycles. The SMILES string of the molecule is C=CC(C)=C1C2CCC1OO2. The third-order valence-electron chi connectivity index (χ3n) is 2.43. The van der Waals surface area contributed by atoms with E-state index in [1.807, 2.05) is 6.08 Å². The lowest BCUT2D eigenvalue weighted by Crippen LogP contribution is -2.05. The quantitative estimate of drug-likeness (QED) is 0.535. The molecule has 0 amide bonds. The van der Waals surface area contributed by atoms with Crippen LogP contribution in [0.3, 0.4) is 0 Å². The van der Waals surface area contributed by atoms with Crippen LogP contribution in [0.15, 0.2) is 23.8 Å². The zero-order valence-corrected chi connectivity index (χ0v) is 6.67. The summed E-state index contributed by atoms with van der Waals surface area (Å²) in [4.78, 5) is 10.2. The molecule has 0 aromatic heterocycles. The summed E-state index contributed by atoms with van der Waals surface area (Å²) in [6, 6.07) is 0. The Bertz CT molecular complexity index is 196. The van der Waals surface area contributed by atoms with Crippen molar-refractivity contribution in [3.63, 3.8) is 0 Å². The van der Waals surface area contributed by atoms with E-state index in [0.29, 0.717) is 0 Å². The van der Waals surface area contributed by atoms with Gasteiger partial charge in [0, 0.05) is 0 Å². The standard InChI is InChI=1S/C9H12O2/c1-3-6(2)9-7-4-5-8(9)11-10-7/h3,7-8H,1,4-5H2,2H3. The van der Waals surface area contributed by atoms with Gasteiger partial charge in [-0.1, -0.05) is 12.7 Å². The minimum Gasteiger partial charge on any atom is -0.228 e. The fourth-order valence-electron chi connectivity index (χ4n) is 1.78. The summed E-state index contributed by atoms with van der Waals surface area (Å²) in [6.07, 6.45) is 4.52. The Morgan fingerprint density at radius 1 is 1.45 bits per heavy atom. The smallest absolute Gasteiger partial charge is 0.117 e. The third-order valence-corrected chi connectivity index (χ3v) is 2.43. The molecule has 2 aliphatic rings. The summed E-state index contributed by atoms with van der Waals surface area (Å²) < 4.78 is 0. The number of allylic oxidation sites excluding steroid dienone is 2. The van der Waals surface area contributed by atoms with E-state index >= 15 is 0 Å². The van der Waals surface area contributed by atoms with Crippen molar-refractivity contribution in [1.82, 2.24) is 0 Å². The Hall–Kier alpha value is -0.600. The maximum atomic E-state index is 5.08. The van der Waals surface area contributed by atoms with Gasteiger partial charge in [-0.3, -0.25) is 0 Å². The molecule has 0 aromatic rings. The van der Waals surface area contributed by atoms with Crippen molar-refractivity contribution in [2.75, 3.05) is 0 Å². The van der Waals surface area contributed by atoms with E-state index in [4.69, 9.17) is 9.78 Å². The molecule has 1 saturated carbocycles. The van der Waals surface area contributed by atoms with Crippen LogP contribution in [0.1, 0.15) is 19.8 Å². The average molecular weight is 152 g/mol. The largest absolute Gasteiger partial charge is 0.228 e. The third kappa shape index (κ3) is 0.940. The highest BCUT2D eigenvalue weighted by Gasteiger charge is 2.40. The predicted octanol–water partition coefficient (Wildman–Crippen LogP) is 1.98. The molecule has 1 heterocycles. The van der Waals surface area contributed by atoms with Crippen molar-refractivity contribution in [3.8, 4) is 0 Å². The maximum absolute atomic E-state index is 5.08. The Morgan fingerprint density at radius 3 is 2.36 bits per heavy atom. The van der Waals surface area contributed by atoms with Crippen LogP contribution in [0.4, 0.5) is 0 Å². The first-order valence-corrected chi connectivity index (χ1v) is 3.98. The normalized spacial score (nSPS) is 34.5. The van der Waals surface area contributed by atoms with Crippen LogP contribution in [-0.4, -0.2) is 12.2 Å². The van der Waals surface area contributed by atoms with Crippen molar-refractivity contribution in [3.05, 3.63) is 23.8 Å². The lowest BCUT2D eigenvalue weighted by atomic mass is 10.1. The second-order valence-electron chi connectivity index (χ2n) is 3.09. The van der Waals surface area contributed by atoms with Crippen LogP contribution in [-0.2, 0) is 9.78 Å². The van der Waals surface area contributed by atoms with Crippen LogP contribution in [0.25, 0.3) is 0 Å². The van der Waals surface area contributed by atoms with Gasteiger partial charge in [0.1, 0.15) is 12.2 Å². The fourth-order valence-corrected chi connectivity index (χ4v) is 1.78. The van der Waals surface area contributed by atoms with Crippen molar-refractivity contribution < 1.29 is 9.78 Å². The molecule has 2 bridgehead atoms. The molecule has 0 spiro atoms. The highest BCUT2D eigenvalue weighted by atomic mass is 17.2. The molecule has 2 fully saturated rings. The molecule has 0 radical (unpaired) electrons. The zero-order chi connectivity index (χ0) is 7.84. The van der Waals surface area contributed by atoms with E-state index in [0.717, 1.165) is 12.8 Å². The van der Waals surface area contributed by atoms with Crippen LogP contribution in [0, 0.1) is 0 Å². The zero-order valence-electron chi connectivity index (χ0n) is 6.67. The molecule has 2 rings (SSSR count). The minimum absolute atomic E-state index is 0.220. The Kier molecular flexibility index (Phi) is 1.59. The molecule has 2 nitrogen and oxygen atoms in total. The van der Waals surface area contributed by atoms with Crippen LogP contribution in [0.5, 0.6) is 0 Å². The molecule has 0 aromatic carbocycles. The van der Waals surface area contributed by atoms with Gasteiger partial charge in [-0.2, -0.15) is 0 Å². The molecular weight excluding hydrogens is 140 g/mol.